The van der Waals surface area contributed by atoms with Crippen LogP contribution in [0.3, 0.4) is 0 Å². The second-order valence-electron chi connectivity index (χ2n) is 5.85. The van der Waals surface area contributed by atoms with E-state index in [0.29, 0.717) is 17.2 Å². The summed E-state index contributed by atoms with van der Waals surface area (Å²) in [6.07, 6.45) is -0.129. The molecule has 0 saturated heterocycles. The first kappa shape index (κ1) is 17.4. The molecule has 8 nitrogen and oxygen atoms in total. The van der Waals surface area contributed by atoms with Crippen molar-refractivity contribution < 1.29 is 19.1 Å². The summed E-state index contributed by atoms with van der Waals surface area (Å²) in [5, 5.41) is 2.66. The number of amides is 1. The largest absolute Gasteiger partial charge is 0.465 e. The van der Waals surface area contributed by atoms with Crippen LogP contribution in [0.15, 0.2) is 24.3 Å². The average molecular weight is 354 g/mol. The minimum atomic E-state index is -0.599. The zero-order valence-corrected chi connectivity index (χ0v) is 14.6. The van der Waals surface area contributed by atoms with Gasteiger partial charge >= 0.3 is 5.97 Å². The van der Waals surface area contributed by atoms with E-state index in [2.05, 4.69) is 20.3 Å². The van der Waals surface area contributed by atoms with Gasteiger partial charge in [0.1, 0.15) is 0 Å². The maximum atomic E-state index is 12.4. The molecule has 0 radical (unpaired) electrons. The molecule has 3 aromatic rings. The van der Waals surface area contributed by atoms with Gasteiger partial charge in [-0.15, -0.1) is 0 Å². The Morgan fingerprint density at radius 2 is 1.92 bits per heavy atom. The molecule has 1 amide bonds. The van der Waals surface area contributed by atoms with Gasteiger partial charge in [-0.2, -0.15) is 0 Å². The first-order chi connectivity index (χ1) is 12.4. The number of methoxy groups -OCH3 is 1. The van der Waals surface area contributed by atoms with Crippen LogP contribution in [0.2, 0.25) is 0 Å². The monoisotopic (exact) mass is 354 g/mol. The molecule has 26 heavy (non-hydrogen) atoms. The van der Waals surface area contributed by atoms with Crippen LogP contribution in [0, 0.1) is 6.92 Å². The lowest BCUT2D eigenvalue weighted by atomic mass is 10.1. The molecule has 2 aromatic heterocycles. The third-order valence-corrected chi connectivity index (χ3v) is 4.05. The fourth-order valence-electron chi connectivity index (χ4n) is 2.87. The lowest BCUT2D eigenvalue weighted by Gasteiger charge is -2.04. The number of anilines is 1. The summed E-state index contributed by atoms with van der Waals surface area (Å²) >= 11 is 0. The molecule has 0 aliphatic heterocycles. The summed E-state index contributed by atoms with van der Waals surface area (Å²) in [5.74, 6) is -0.897. The van der Waals surface area contributed by atoms with E-state index in [0.717, 1.165) is 11.0 Å². The highest BCUT2D eigenvalue weighted by Crippen LogP contribution is 2.21. The van der Waals surface area contributed by atoms with E-state index >= 15 is 0 Å². The molecule has 3 N–H and O–H groups in total. The van der Waals surface area contributed by atoms with Gasteiger partial charge in [0, 0.05) is 12.6 Å². The van der Waals surface area contributed by atoms with Gasteiger partial charge in [0.15, 0.2) is 5.78 Å². The summed E-state index contributed by atoms with van der Waals surface area (Å²) in [7, 11) is 1.25. The number of H-pyrrole nitrogens is 2. The Labute approximate surface area is 149 Å². The zero-order chi connectivity index (χ0) is 18.8. The lowest BCUT2D eigenvalue weighted by molar-refractivity contribution is -0.115. The maximum absolute atomic E-state index is 12.4. The van der Waals surface area contributed by atoms with E-state index < -0.39 is 5.97 Å². The van der Waals surface area contributed by atoms with Gasteiger partial charge in [-0.1, -0.05) is 12.1 Å². The predicted octanol–water partition coefficient (Wildman–Crippen LogP) is 2.37. The number of Topliss-reactive ketones (excluding diaryl/α,β-unsaturated/α-hetero) is 1. The van der Waals surface area contributed by atoms with Crippen LogP contribution in [0.25, 0.3) is 11.0 Å². The van der Waals surface area contributed by atoms with Gasteiger partial charge in [0.25, 0.3) is 0 Å². The number of aromatic amines is 2. The number of fused-ring (bicyclic) bond motifs is 1. The van der Waals surface area contributed by atoms with Crippen molar-refractivity contribution in [3.63, 3.8) is 0 Å². The fraction of sp³-hybridized carbons (Fsp3) is 0.222. The molecule has 0 bridgehead atoms. The summed E-state index contributed by atoms with van der Waals surface area (Å²) in [6.45, 7) is 3.03. The normalized spacial score (nSPS) is 10.7. The van der Waals surface area contributed by atoms with Crippen molar-refractivity contribution in [3.05, 3.63) is 46.8 Å². The van der Waals surface area contributed by atoms with E-state index in [1.807, 2.05) is 24.3 Å². The van der Waals surface area contributed by atoms with E-state index in [9.17, 15) is 14.4 Å². The van der Waals surface area contributed by atoms with Gasteiger partial charge in [0.05, 0.1) is 35.8 Å². The molecule has 8 heteroatoms. The molecule has 0 spiro atoms. The number of esters is 1. The van der Waals surface area contributed by atoms with Crippen LogP contribution in [-0.4, -0.2) is 39.7 Å². The second kappa shape index (κ2) is 6.83. The van der Waals surface area contributed by atoms with Crippen molar-refractivity contribution in [2.24, 2.45) is 0 Å². The third-order valence-electron chi connectivity index (χ3n) is 4.05. The molecule has 0 atom stereocenters. The van der Waals surface area contributed by atoms with E-state index in [4.69, 9.17) is 4.74 Å². The number of benzene rings is 1. The Bertz CT molecular complexity index is 983. The number of hydrogen-bond donors (Lipinski definition) is 3. The van der Waals surface area contributed by atoms with Crippen LogP contribution < -0.4 is 5.32 Å². The lowest BCUT2D eigenvalue weighted by Crippen LogP contribution is -2.17. The Kier molecular flexibility index (Phi) is 4.57. The molecule has 0 aliphatic rings. The maximum Gasteiger partial charge on any atom is 0.339 e. The number of ether oxygens (including phenoxy) is 1. The van der Waals surface area contributed by atoms with Crippen molar-refractivity contribution in [1.29, 1.82) is 0 Å². The number of ketones is 1. The fourth-order valence-corrected chi connectivity index (χ4v) is 2.87. The molecular formula is C18H18N4O4. The zero-order valence-electron chi connectivity index (χ0n) is 14.6. The van der Waals surface area contributed by atoms with E-state index in [1.54, 1.807) is 6.92 Å². The number of aromatic nitrogens is 3. The number of carbonyl (C=O) groups is 3. The SMILES string of the molecule is COC(=O)c1c(CC(=O)Nc2nc3ccccc3[nH]2)[nH]c(C(C)=O)c1C. The molecule has 0 unspecified atom stereocenters. The third kappa shape index (κ3) is 3.21. The molecule has 0 saturated carbocycles. The molecule has 3 rings (SSSR count). The Balaban J connectivity index is 1.85. The van der Waals surface area contributed by atoms with E-state index in [-0.39, 0.29) is 29.4 Å². The van der Waals surface area contributed by atoms with Crippen molar-refractivity contribution in [2.75, 3.05) is 12.4 Å². The summed E-state index contributed by atoms with van der Waals surface area (Å²) in [4.78, 5) is 46.3. The number of carbonyl (C=O) groups excluding carboxylic acids is 3. The van der Waals surface area contributed by atoms with Gasteiger partial charge in [-0.05, 0) is 24.6 Å². The average Bonchev–Trinajstić information content (AvgIpc) is 3.14. The summed E-state index contributed by atoms with van der Waals surface area (Å²) < 4.78 is 4.77. The Morgan fingerprint density at radius 3 is 2.58 bits per heavy atom. The van der Waals surface area contributed by atoms with Crippen molar-refractivity contribution in [1.82, 2.24) is 15.0 Å². The standard InChI is InChI=1S/C18H18N4O4/c1-9-15(17(25)26-3)13(19-16(9)10(2)23)8-14(24)22-18-20-11-6-4-5-7-12(11)21-18/h4-7,19H,8H2,1-3H3,(H2,20,21,22,24). The van der Waals surface area contributed by atoms with Crippen LogP contribution in [0.5, 0.6) is 0 Å². The molecule has 1 aromatic carbocycles. The predicted molar refractivity (Wildman–Crippen MR) is 95.3 cm³/mol. The van der Waals surface area contributed by atoms with Gasteiger partial charge in [0.2, 0.25) is 11.9 Å². The first-order valence-electron chi connectivity index (χ1n) is 7.96. The highest BCUT2D eigenvalue weighted by molar-refractivity contribution is 6.02. The molecule has 2 heterocycles. The second-order valence-corrected chi connectivity index (χ2v) is 5.85. The number of para-hydroxylation sites is 2. The van der Waals surface area contributed by atoms with E-state index in [1.165, 1.54) is 14.0 Å². The highest BCUT2D eigenvalue weighted by atomic mass is 16.5. The minimum Gasteiger partial charge on any atom is -0.465 e. The minimum absolute atomic E-state index is 0.129. The highest BCUT2D eigenvalue weighted by Gasteiger charge is 2.24. The van der Waals surface area contributed by atoms with Crippen molar-refractivity contribution in [2.45, 2.75) is 20.3 Å². The van der Waals surface area contributed by atoms with Crippen LogP contribution in [0.4, 0.5) is 5.95 Å². The van der Waals surface area contributed by atoms with Crippen LogP contribution >= 0.6 is 0 Å². The summed E-state index contributed by atoms with van der Waals surface area (Å²) in [5.41, 5.74) is 2.82. The Hall–Kier alpha value is -3.42. The quantitative estimate of drug-likeness (QED) is 0.480. The number of nitrogens with one attached hydrogen (secondary N) is 3. The van der Waals surface area contributed by atoms with Crippen LogP contribution in [0.1, 0.15) is 39.0 Å². The molecular weight excluding hydrogens is 336 g/mol. The Morgan fingerprint density at radius 1 is 1.19 bits per heavy atom. The van der Waals surface area contributed by atoms with Crippen molar-refractivity contribution >= 4 is 34.6 Å². The molecule has 0 fully saturated rings. The number of hydrogen-bond acceptors (Lipinski definition) is 5. The molecule has 134 valence electrons. The van der Waals surface area contributed by atoms with Crippen LogP contribution in [-0.2, 0) is 16.0 Å². The molecule has 0 aliphatic carbocycles. The topological polar surface area (TPSA) is 117 Å². The number of rotatable bonds is 5. The smallest absolute Gasteiger partial charge is 0.339 e. The van der Waals surface area contributed by atoms with Gasteiger partial charge < -0.3 is 14.7 Å². The number of imidazole rings is 1. The van der Waals surface area contributed by atoms with Crippen molar-refractivity contribution in [3.8, 4) is 0 Å². The van der Waals surface area contributed by atoms with Gasteiger partial charge in [-0.3, -0.25) is 14.9 Å². The van der Waals surface area contributed by atoms with Gasteiger partial charge in [-0.25, -0.2) is 9.78 Å². The summed E-state index contributed by atoms with van der Waals surface area (Å²) in [6, 6.07) is 7.38. The number of nitrogens with zero attached hydrogens (tertiary/aromatic N) is 1. The first-order valence-corrected chi connectivity index (χ1v) is 7.96.